The summed E-state index contributed by atoms with van der Waals surface area (Å²) in [4.78, 5) is 0. The fourth-order valence-corrected chi connectivity index (χ4v) is 3.08. The minimum absolute atomic E-state index is 0.342. The second-order valence-corrected chi connectivity index (χ2v) is 4.98. The Balaban J connectivity index is 2.38. The van der Waals surface area contributed by atoms with Crippen LogP contribution in [0.4, 0.5) is 0 Å². The van der Waals surface area contributed by atoms with Gasteiger partial charge in [0.15, 0.2) is 0 Å². The van der Waals surface area contributed by atoms with Crippen molar-refractivity contribution in [3.05, 3.63) is 21.8 Å². The highest BCUT2D eigenvalue weighted by molar-refractivity contribution is 14.1. The number of rotatable bonds is 3. The molecule has 0 aromatic heterocycles. The molecule has 0 N–H and O–H groups in total. The van der Waals surface area contributed by atoms with Gasteiger partial charge in [-0.05, 0) is 16.1 Å². The Morgan fingerprint density at radius 3 is 2.90 bits per heavy atom. The number of hydrogen-bond donors (Lipinski definition) is 0. The molecule has 0 aromatic carbocycles. The first-order valence-electron chi connectivity index (χ1n) is 3.42. The Kier molecular flexibility index (Phi) is 3.21. The maximum atomic E-state index is 2.49. The molecule has 2 heteroatoms. The highest BCUT2D eigenvalue weighted by atomic mass is 127. The third-order valence-corrected chi connectivity index (χ3v) is 3.34. The number of hydrogen-bond acceptors (Lipinski definition) is 0. The van der Waals surface area contributed by atoms with E-state index in [1.807, 2.05) is 0 Å². The van der Waals surface area contributed by atoms with Gasteiger partial charge in [-0.3, -0.25) is 0 Å². The molecule has 1 aliphatic carbocycles. The van der Waals surface area contributed by atoms with E-state index in [0.717, 1.165) is 0 Å². The van der Waals surface area contributed by atoms with E-state index >= 15 is 0 Å². The predicted octanol–water partition coefficient (Wildman–Crippen LogP) is 3.85. The summed E-state index contributed by atoms with van der Waals surface area (Å²) in [6, 6.07) is 0. The van der Waals surface area contributed by atoms with Crippen molar-refractivity contribution in [3.8, 4) is 0 Å². The molecule has 56 valence electrons. The molecule has 0 nitrogen and oxygen atoms in total. The zero-order chi connectivity index (χ0) is 7.61. The van der Waals surface area contributed by atoms with Gasteiger partial charge in [0, 0.05) is 0 Å². The van der Waals surface area contributed by atoms with Crippen molar-refractivity contribution in [2.75, 3.05) is 0 Å². The van der Waals surface area contributed by atoms with E-state index in [4.69, 9.17) is 0 Å². The van der Waals surface area contributed by atoms with Crippen LogP contribution in [0.1, 0.15) is 19.8 Å². The molecule has 0 radical (unpaired) electrons. The van der Waals surface area contributed by atoms with Crippen LogP contribution in [0.25, 0.3) is 0 Å². The molecule has 0 spiro atoms. The second-order valence-electron chi connectivity index (χ2n) is 2.48. The standard InChI is InChI=1S/C8H10I2/c1-2-3-7-6-8(7,10)4-5-9/h4-6H,2-3H2,1H3/b5-4+. The first-order chi connectivity index (χ1) is 4.73. The van der Waals surface area contributed by atoms with Gasteiger partial charge >= 0.3 is 0 Å². The highest BCUT2D eigenvalue weighted by Gasteiger charge is 2.37. The molecule has 0 heterocycles. The van der Waals surface area contributed by atoms with E-state index in [1.165, 1.54) is 12.8 Å². The Bertz CT molecular complexity index is 182. The lowest BCUT2D eigenvalue weighted by Crippen LogP contribution is -1.95. The monoisotopic (exact) mass is 360 g/mol. The van der Waals surface area contributed by atoms with Crippen LogP contribution in [0.5, 0.6) is 0 Å². The van der Waals surface area contributed by atoms with Gasteiger partial charge < -0.3 is 0 Å². The van der Waals surface area contributed by atoms with Crippen molar-refractivity contribution in [2.24, 2.45) is 0 Å². The fraction of sp³-hybridized carbons (Fsp3) is 0.500. The van der Waals surface area contributed by atoms with E-state index in [1.54, 1.807) is 5.57 Å². The van der Waals surface area contributed by atoms with E-state index in [0.29, 0.717) is 3.42 Å². The summed E-state index contributed by atoms with van der Waals surface area (Å²) < 4.78 is 2.44. The predicted molar refractivity (Wildman–Crippen MR) is 62.9 cm³/mol. The highest BCUT2D eigenvalue weighted by Crippen LogP contribution is 2.47. The van der Waals surface area contributed by atoms with Crippen LogP contribution in [0.15, 0.2) is 21.8 Å². The lowest BCUT2D eigenvalue weighted by atomic mass is 10.2. The van der Waals surface area contributed by atoms with Crippen molar-refractivity contribution in [1.29, 1.82) is 0 Å². The molecule has 10 heavy (non-hydrogen) atoms. The second kappa shape index (κ2) is 3.56. The van der Waals surface area contributed by atoms with Crippen LogP contribution in [-0.4, -0.2) is 3.42 Å². The van der Waals surface area contributed by atoms with E-state index in [9.17, 15) is 0 Å². The smallest absolute Gasteiger partial charge is 0.0651 e. The van der Waals surface area contributed by atoms with Gasteiger partial charge in [-0.15, -0.1) is 0 Å². The SMILES string of the molecule is CCCC1=CC1(I)/C=C/I. The lowest BCUT2D eigenvalue weighted by molar-refractivity contribution is 0.916. The van der Waals surface area contributed by atoms with Crippen LogP contribution in [-0.2, 0) is 0 Å². The first kappa shape index (κ1) is 9.03. The molecule has 0 bridgehead atoms. The van der Waals surface area contributed by atoms with Crippen LogP contribution >= 0.6 is 45.2 Å². The molecule has 1 aliphatic rings. The van der Waals surface area contributed by atoms with Gasteiger partial charge in [-0.25, -0.2) is 0 Å². The Morgan fingerprint density at radius 2 is 2.40 bits per heavy atom. The molecular weight excluding hydrogens is 350 g/mol. The third-order valence-electron chi connectivity index (χ3n) is 1.62. The van der Waals surface area contributed by atoms with Gasteiger partial charge in [0.05, 0.1) is 3.42 Å². The zero-order valence-corrected chi connectivity index (χ0v) is 10.2. The third kappa shape index (κ3) is 1.96. The van der Waals surface area contributed by atoms with Gasteiger partial charge in [0.1, 0.15) is 0 Å². The van der Waals surface area contributed by atoms with Crippen molar-refractivity contribution in [1.82, 2.24) is 0 Å². The summed E-state index contributed by atoms with van der Waals surface area (Å²) in [7, 11) is 0. The molecule has 0 saturated heterocycles. The largest absolute Gasteiger partial charge is 0.0801 e. The number of alkyl halides is 1. The molecule has 0 amide bonds. The van der Waals surface area contributed by atoms with Crippen molar-refractivity contribution in [2.45, 2.75) is 23.2 Å². The van der Waals surface area contributed by atoms with Crippen LogP contribution < -0.4 is 0 Å². The Labute approximate surface area is 89.4 Å². The topological polar surface area (TPSA) is 0 Å². The van der Waals surface area contributed by atoms with Crippen molar-refractivity contribution < 1.29 is 0 Å². The molecule has 0 saturated carbocycles. The van der Waals surface area contributed by atoms with Gasteiger partial charge in [0.2, 0.25) is 0 Å². The summed E-state index contributed by atoms with van der Waals surface area (Å²) in [6.07, 6.45) is 7.13. The zero-order valence-electron chi connectivity index (χ0n) is 5.90. The maximum absolute atomic E-state index is 2.49. The van der Waals surface area contributed by atoms with Crippen LogP contribution in [0.2, 0.25) is 0 Å². The summed E-state index contributed by atoms with van der Waals surface area (Å²) in [5, 5.41) is 0. The molecule has 0 aromatic rings. The Hall–Kier alpha value is 0.940. The van der Waals surface area contributed by atoms with Gasteiger partial charge in [-0.1, -0.05) is 70.7 Å². The molecule has 1 unspecified atom stereocenters. The van der Waals surface area contributed by atoms with E-state index < -0.39 is 0 Å². The van der Waals surface area contributed by atoms with Gasteiger partial charge in [0.25, 0.3) is 0 Å². The molecular formula is C8H10I2. The quantitative estimate of drug-likeness (QED) is 0.408. The maximum Gasteiger partial charge on any atom is 0.0801 e. The first-order valence-corrected chi connectivity index (χ1v) is 5.74. The number of halogens is 2. The minimum atomic E-state index is 0.342. The average molecular weight is 360 g/mol. The Morgan fingerprint density at radius 1 is 1.70 bits per heavy atom. The summed E-state index contributed by atoms with van der Waals surface area (Å²) in [5.74, 6) is 0. The molecule has 0 fully saturated rings. The van der Waals surface area contributed by atoms with E-state index in [2.05, 4.69) is 68.3 Å². The minimum Gasteiger partial charge on any atom is -0.0651 e. The fourth-order valence-electron chi connectivity index (χ4n) is 0.997. The summed E-state index contributed by atoms with van der Waals surface area (Å²) in [6.45, 7) is 2.23. The molecule has 1 rings (SSSR count). The van der Waals surface area contributed by atoms with Crippen LogP contribution in [0.3, 0.4) is 0 Å². The lowest BCUT2D eigenvalue weighted by Gasteiger charge is -2.01. The number of allylic oxidation sites excluding steroid dienone is 3. The molecule has 0 aliphatic heterocycles. The molecule has 1 atom stereocenters. The van der Waals surface area contributed by atoms with Gasteiger partial charge in [-0.2, -0.15) is 0 Å². The summed E-state index contributed by atoms with van der Waals surface area (Å²) in [5.41, 5.74) is 1.60. The summed E-state index contributed by atoms with van der Waals surface area (Å²) >= 11 is 4.76. The van der Waals surface area contributed by atoms with E-state index in [-0.39, 0.29) is 0 Å². The van der Waals surface area contributed by atoms with Crippen molar-refractivity contribution >= 4 is 45.2 Å². The van der Waals surface area contributed by atoms with Crippen LogP contribution in [0, 0.1) is 0 Å². The average Bonchev–Trinajstić information content (AvgIpc) is 2.44. The normalized spacial score (nSPS) is 30.9. The van der Waals surface area contributed by atoms with Crippen molar-refractivity contribution in [3.63, 3.8) is 0 Å².